The summed E-state index contributed by atoms with van der Waals surface area (Å²) in [4.78, 5) is 4.06. The van der Waals surface area contributed by atoms with Crippen molar-refractivity contribution in [2.24, 2.45) is 10.8 Å². The van der Waals surface area contributed by atoms with Gasteiger partial charge in [-0.3, -0.25) is 5.43 Å². The van der Waals surface area contributed by atoms with Gasteiger partial charge in [0.05, 0.1) is 25.7 Å². The van der Waals surface area contributed by atoms with E-state index in [0.717, 1.165) is 23.3 Å². The molecule has 6 nitrogen and oxygen atoms in total. The predicted octanol–water partition coefficient (Wildman–Crippen LogP) is 1.89. The summed E-state index contributed by atoms with van der Waals surface area (Å²) in [6, 6.07) is 5.91. The number of thiocarbonyl (C=S) groups is 1. The van der Waals surface area contributed by atoms with Gasteiger partial charge in [0.25, 0.3) is 0 Å². The molecule has 0 atom stereocenters. The largest absolute Gasteiger partial charge is 0.493 e. The summed E-state index contributed by atoms with van der Waals surface area (Å²) >= 11 is 4.70. The van der Waals surface area contributed by atoms with Crippen molar-refractivity contribution in [3.63, 3.8) is 0 Å². The average Bonchev–Trinajstić information content (AvgIpc) is 2.99. The van der Waals surface area contributed by atoms with Gasteiger partial charge in [0, 0.05) is 18.0 Å². The van der Waals surface area contributed by atoms with E-state index in [4.69, 9.17) is 22.7 Å². The Morgan fingerprint density at radius 3 is 3.09 bits per heavy atom. The van der Waals surface area contributed by atoms with Crippen LogP contribution in [0.1, 0.15) is 24.5 Å². The molecule has 3 N–H and O–H groups in total. The zero-order chi connectivity index (χ0) is 15.8. The molecule has 0 aliphatic rings. The quantitative estimate of drug-likeness (QED) is 0.463. The van der Waals surface area contributed by atoms with Crippen LogP contribution in [-0.2, 0) is 6.54 Å². The van der Waals surface area contributed by atoms with Crippen LogP contribution >= 0.6 is 12.2 Å². The van der Waals surface area contributed by atoms with Crippen LogP contribution in [0.15, 0.2) is 42.0 Å². The van der Waals surface area contributed by atoms with Gasteiger partial charge in [0.15, 0.2) is 5.11 Å². The first-order valence-electron chi connectivity index (χ1n) is 6.99. The van der Waals surface area contributed by atoms with Crippen LogP contribution in [-0.4, -0.2) is 27.5 Å². The molecule has 0 fully saturated rings. The Balaban J connectivity index is 2.20. The van der Waals surface area contributed by atoms with Gasteiger partial charge < -0.3 is 15.0 Å². The molecule has 0 radical (unpaired) electrons. The second-order valence-electron chi connectivity index (χ2n) is 4.68. The number of aromatic nitrogens is 2. The number of hydrazone groups is 1. The first-order chi connectivity index (χ1) is 10.7. The molecule has 0 aliphatic carbocycles. The number of nitrogens with zero attached hydrogens (tertiary/aromatic N) is 3. The Hall–Kier alpha value is -2.41. The van der Waals surface area contributed by atoms with Crippen LogP contribution in [0.2, 0.25) is 0 Å². The molecule has 2 aromatic rings. The molecule has 0 bridgehead atoms. The van der Waals surface area contributed by atoms with Gasteiger partial charge in [-0.25, -0.2) is 4.98 Å². The highest BCUT2D eigenvalue weighted by Gasteiger charge is 2.06. The van der Waals surface area contributed by atoms with Gasteiger partial charge in [-0.15, -0.1) is 0 Å². The molecule has 2 rings (SSSR count). The highest BCUT2D eigenvalue weighted by molar-refractivity contribution is 7.80. The summed E-state index contributed by atoms with van der Waals surface area (Å²) in [5, 5.41) is 4.11. The first kappa shape index (κ1) is 16.0. The van der Waals surface area contributed by atoms with E-state index in [1.54, 1.807) is 18.7 Å². The molecule has 0 amide bonds. The van der Waals surface area contributed by atoms with Crippen molar-refractivity contribution in [2.75, 3.05) is 6.61 Å². The third-order valence-corrected chi connectivity index (χ3v) is 2.94. The van der Waals surface area contributed by atoms with Crippen LogP contribution in [0.3, 0.4) is 0 Å². The number of rotatable bonds is 7. The average molecular weight is 317 g/mol. The summed E-state index contributed by atoms with van der Waals surface area (Å²) in [6.45, 7) is 3.45. The first-order valence-corrected chi connectivity index (χ1v) is 7.40. The van der Waals surface area contributed by atoms with E-state index in [0.29, 0.717) is 13.2 Å². The Labute approximate surface area is 135 Å². The lowest BCUT2D eigenvalue weighted by Crippen LogP contribution is -2.24. The van der Waals surface area contributed by atoms with E-state index >= 15 is 0 Å². The van der Waals surface area contributed by atoms with Crippen LogP contribution in [0, 0.1) is 0 Å². The number of hydrogen-bond acceptors (Lipinski definition) is 4. The third kappa shape index (κ3) is 4.85. The summed E-state index contributed by atoms with van der Waals surface area (Å²) < 4.78 is 7.79. The normalized spacial score (nSPS) is 10.8. The maximum Gasteiger partial charge on any atom is 0.184 e. The van der Waals surface area contributed by atoms with Gasteiger partial charge >= 0.3 is 0 Å². The van der Waals surface area contributed by atoms with E-state index in [9.17, 15) is 0 Å². The molecule has 22 heavy (non-hydrogen) atoms. The number of hydrogen-bond donors (Lipinski definition) is 2. The molecule has 7 heteroatoms. The van der Waals surface area contributed by atoms with E-state index in [-0.39, 0.29) is 5.11 Å². The molecule has 0 saturated carbocycles. The summed E-state index contributed by atoms with van der Waals surface area (Å²) in [6.07, 6.45) is 8.08. The summed E-state index contributed by atoms with van der Waals surface area (Å²) in [7, 11) is 0. The van der Waals surface area contributed by atoms with Gasteiger partial charge in [-0.1, -0.05) is 6.92 Å². The second kappa shape index (κ2) is 8.14. The monoisotopic (exact) mass is 317 g/mol. The minimum Gasteiger partial charge on any atom is -0.493 e. The maximum atomic E-state index is 5.80. The number of nitrogens with one attached hydrogen (secondary N) is 1. The minimum atomic E-state index is 0.137. The van der Waals surface area contributed by atoms with Crippen molar-refractivity contribution in [2.45, 2.75) is 19.9 Å². The molecule has 0 unspecified atom stereocenters. The lowest BCUT2D eigenvalue weighted by Gasteiger charge is -2.12. The number of benzene rings is 1. The van der Waals surface area contributed by atoms with Gasteiger partial charge in [0.1, 0.15) is 5.75 Å². The van der Waals surface area contributed by atoms with Crippen LogP contribution in [0.4, 0.5) is 0 Å². The van der Waals surface area contributed by atoms with Crippen molar-refractivity contribution in [1.82, 2.24) is 15.0 Å². The maximum absolute atomic E-state index is 5.80. The molecule has 116 valence electrons. The second-order valence-corrected chi connectivity index (χ2v) is 5.12. The topological polar surface area (TPSA) is 77.5 Å². The van der Waals surface area contributed by atoms with E-state index in [2.05, 4.69) is 22.4 Å². The van der Waals surface area contributed by atoms with Gasteiger partial charge in [-0.05, 0) is 42.4 Å². The van der Waals surface area contributed by atoms with Crippen molar-refractivity contribution in [3.8, 4) is 5.75 Å². The minimum absolute atomic E-state index is 0.137. The highest BCUT2D eigenvalue weighted by atomic mass is 32.1. The number of ether oxygens (including phenoxy) is 1. The lowest BCUT2D eigenvalue weighted by atomic mass is 10.1. The molecule has 1 aromatic heterocycles. The van der Waals surface area contributed by atoms with Gasteiger partial charge in [0.2, 0.25) is 0 Å². The van der Waals surface area contributed by atoms with Gasteiger partial charge in [-0.2, -0.15) is 5.10 Å². The zero-order valence-electron chi connectivity index (χ0n) is 12.4. The standard InChI is InChI=1S/C15H19N5OS/c1-2-7-21-14-4-3-12(9-18-19-15(16)22)8-13(14)10-20-6-5-17-11-20/h3-6,8-9,11H,2,7,10H2,1H3,(H3,16,19,22). The highest BCUT2D eigenvalue weighted by Crippen LogP contribution is 2.21. The number of nitrogens with two attached hydrogens (primary N) is 1. The van der Waals surface area contributed by atoms with E-state index in [1.165, 1.54) is 0 Å². The molecule has 1 heterocycles. The Bertz CT molecular complexity index is 639. The Kier molecular flexibility index (Phi) is 5.91. The van der Waals surface area contributed by atoms with Crippen LogP contribution in [0.5, 0.6) is 5.75 Å². The number of imidazole rings is 1. The van der Waals surface area contributed by atoms with Crippen molar-refractivity contribution >= 4 is 23.5 Å². The van der Waals surface area contributed by atoms with Crippen molar-refractivity contribution in [3.05, 3.63) is 48.0 Å². The van der Waals surface area contributed by atoms with Crippen LogP contribution < -0.4 is 15.9 Å². The fraction of sp³-hybridized carbons (Fsp3) is 0.267. The Morgan fingerprint density at radius 2 is 2.41 bits per heavy atom. The Morgan fingerprint density at radius 1 is 1.55 bits per heavy atom. The SMILES string of the molecule is CCCOc1ccc(C=NNC(N)=S)cc1Cn1ccnc1. The summed E-state index contributed by atoms with van der Waals surface area (Å²) in [5.74, 6) is 0.870. The van der Waals surface area contributed by atoms with E-state index in [1.807, 2.05) is 29.0 Å². The molecular weight excluding hydrogens is 298 g/mol. The fourth-order valence-electron chi connectivity index (χ4n) is 1.90. The smallest absolute Gasteiger partial charge is 0.184 e. The third-order valence-electron chi connectivity index (χ3n) is 2.85. The molecule has 1 aromatic carbocycles. The molecular formula is C15H19N5OS. The van der Waals surface area contributed by atoms with E-state index < -0.39 is 0 Å². The predicted molar refractivity (Wildman–Crippen MR) is 91.1 cm³/mol. The molecule has 0 saturated heterocycles. The molecule has 0 spiro atoms. The van der Waals surface area contributed by atoms with Crippen molar-refractivity contribution < 1.29 is 4.74 Å². The zero-order valence-corrected chi connectivity index (χ0v) is 13.2. The van der Waals surface area contributed by atoms with Crippen molar-refractivity contribution in [1.29, 1.82) is 0 Å². The van der Waals surface area contributed by atoms with Crippen LogP contribution in [0.25, 0.3) is 0 Å². The lowest BCUT2D eigenvalue weighted by molar-refractivity contribution is 0.313. The molecule has 0 aliphatic heterocycles. The fourth-order valence-corrected chi connectivity index (χ4v) is 1.96. The summed E-state index contributed by atoms with van der Waals surface area (Å²) in [5.41, 5.74) is 9.87.